The molecule has 2 fully saturated rings. The molecular weight excluding hydrogens is 418 g/mol. The number of rotatable bonds is 7. The van der Waals surface area contributed by atoms with E-state index in [9.17, 15) is 14.4 Å². The number of carbonyl (C=O) groups excluding carboxylic acids is 3. The van der Waals surface area contributed by atoms with Crippen LogP contribution in [0.2, 0.25) is 0 Å². The van der Waals surface area contributed by atoms with Crippen molar-refractivity contribution in [3.05, 3.63) is 35.4 Å². The van der Waals surface area contributed by atoms with Gasteiger partial charge in [-0.05, 0) is 43.2 Å². The first-order chi connectivity index (χ1) is 16.1. The van der Waals surface area contributed by atoms with Gasteiger partial charge in [-0.3, -0.25) is 19.3 Å². The summed E-state index contributed by atoms with van der Waals surface area (Å²) in [6, 6.07) is 8.35. The largest absolute Gasteiger partial charge is 0.466 e. The van der Waals surface area contributed by atoms with E-state index in [0.717, 1.165) is 25.8 Å². The van der Waals surface area contributed by atoms with Crippen molar-refractivity contribution < 1.29 is 19.1 Å². The number of hydrogen-bond donors (Lipinski definition) is 0. The minimum atomic E-state index is -0.320. The zero-order valence-electron chi connectivity index (χ0n) is 19.8. The lowest BCUT2D eigenvalue weighted by molar-refractivity contribution is -0.147. The summed E-state index contributed by atoms with van der Waals surface area (Å²) in [5.41, 5.74) is 2.62. The summed E-state index contributed by atoms with van der Waals surface area (Å²) in [6.07, 6.45) is 5.86. The number of esters is 1. The zero-order valence-corrected chi connectivity index (χ0v) is 19.8. The number of piperazine rings is 1. The van der Waals surface area contributed by atoms with E-state index >= 15 is 0 Å². The maximum atomic E-state index is 13.8. The number of carbonyl (C=O) groups is 3. The highest BCUT2D eigenvalue weighted by Gasteiger charge is 2.39. The second-order valence-corrected chi connectivity index (χ2v) is 9.49. The van der Waals surface area contributed by atoms with E-state index in [1.807, 2.05) is 4.90 Å². The Morgan fingerprint density at radius 3 is 2.33 bits per heavy atom. The van der Waals surface area contributed by atoms with Crippen molar-refractivity contribution in [1.29, 1.82) is 0 Å². The van der Waals surface area contributed by atoms with Crippen molar-refractivity contribution in [3.8, 4) is 0 Å². The van der Waals surface area contributed by atoms with Crippen molar-refractivity contribution in [2.45, 2.75) is 64.5 Å². The van der Waals surface area contributed by atoms with Gasteiger partial charge in [-0.15, -0.1) is 0 Å². The van der Waals surface area contributed by atoms with Gasteiger partial charge in [0.25, 0.3) is 0 Å². The highest BCUT2D eigenvalue weighted by molar-refractivity contribution is 5.83. The molecule has 0 spiro atoms. The van der Waals surface area contributed by atoms with Crippen LogP contribution in [0.5, 0.6) is 0 Å². The summed E-state index contributed by atoms with van der Waals surface area (Å²) in [5, 5.41) is 0. The Morgan fingerprint density at radius 1 is 0.939 bits per heavy atom. The first-order valence-electron chi connectivity index (χ1n) is 12.6. The van der Waals surface area contributed by atoms with Crippen molar-refractivity contribution in [2.24, 2.45) is 5.92 Å². The Hall–Kier alpha value is -2.41. The summed E-state index contributed by atoms with van der Waals surface area (Å²) in [6.45, 7) is 6.23. The third-order valence-corrected chi connectivity index (χ3v) is 7.45. The summed E-state index contributed by atoms with van der Waals surface area (Å²) in [7, 11) is 0. The van der Waals surface area contributed by atoms with Crippen LogP contribution in [-0.2, 0) is 32.1 Å². The molecule has 4 rings (SSSR count). The molecule has 180 valence electrons. The first-order valence-corrected chi connectivity index (χ1v) is 12.6. The maximum absolute atomic E-state index is 13.8. The Kier molecular flexibility index (Phi) is 8.02. The first kappa shape index (κ1) is 23.7. The number of fused-ring (bicyclic) bond motifs is 1. The van der Waals surface area contributed by atoms with Gasteiger partial charge in [-0.25, -0.2) is 0 Å². The van der Waals surface area contributed by atoms with Crippen LogP contribution in [0.25, 0.3) is 0 Å². The van der Waals surface area contributed by atoms with Crippen molar-refractivity contribution in [2.75, 3.05) is 39.3 Å². The van der Waals surface area contributed by atoms with E-state index in [1.165, 1.54) is 24.0 Å². The minimum absolute atomic E-state index is 0.000849. The molecule has 3 aliphatic rings. The van der Waals surface area contributed by atoms with E-state index in [4.69, 9.17) is 4.74 Å². The van der Waals surface area contributed by atoms with Crippen LogP contribution in [0.3, 0.4) is 0 Å². The lowest BCUT2D eigenvalue weighted by atomic mass is 9.92. The number of hydrogen-bond acceptors (Lipinski definition) is 5. The molecule has 2 heterocycles. The minimum Gasteiger partial charge on any atom is -0.466 e. The molecule has 7 heteroatoms. The SMILES string of the molecule is CCOC(=O)CCC(=O)N1CCN(C(C(=O)N2CCc3ccccc3C2)C2CCCC2)CC1. The van der Waals surface area contributed by atoms with E-state index in [2.05, 4.69) is 34.1 Å². The van der Waals surface area contributed by atoms with Gasteiger partial charge >= 0.3 is 5.97 Å². The van der Waals surface area contributed by atoms with Crippen LogP contribution in [-0.4, -0.2) is 77.9 Å². The summed E-state index contributed by atoms with van der Waals surface area (Å²) in [5.74, 6) is 0.345. The molecule has 1 aromatic carbocycles. The van der Waals surface area contributed by atoms with Crippen LogP contribution in [0.15, 0.2) is 24.3 Å². The van der Waals surface area contributed by atoms with Crippen molar-refractivity contribution in [1.82, 2.24) is 14.7 Å². The quantitative estimate of drug-likeness (QED) is 0.591. The number of amides is 2. The fourth-order valence-electron chi connectivity index (χ4n) is 5.65. The molecule has 0 radical (unpaired) electrons. The van der Waals surface area contributed by atoms with Crippen LogP contribution in [0.1, 0.15) is 56.6 Å². The molecule has 1 aromatic rings. The highest BCUT2D eigenvalue weighted by Crippen LogP contribution is 2.33. The van der Waals surface area contributed by atoms with Crippen LogP contribution >= 0.6 is 0 Å². The van der Waals surface area contributed by atoms with Crippen molar-refractivity contribution in [3.63, 3.8) is 0 Å². The Balaban J connectivity index is 1.37. The van der Waals surface area contributed by atoms with E-state index in [1.54, 1.807) is 6.92 Å². The van der Waals surface area contributed by atoms with Crippen LogP contribution in [0.4, 0.5) is 0 Å². The maximum Gasteiger partial charge on any atom is 0.306 e. The van der Waals surface area contributed by atoms with Gasteiger partial charge in [0.05, 0.1) is 19.1 Å². The predicted molar refractivity (Wildman–Crippen MR) is 125 cm³/mol. The fraction of sp³-hybridized carbons (Fsp3) is 0.654. The monoisotopic (exact) mass is 455 g/mol. The molecule has 0 aromatic heterocycles. The van der Waals surface area contributed by atoms with E-state index < -0.39 is 0 Å². The molecule has 0 bridgehead atoms. The predicted octanol–water partition coefficient (Wildman–Crippen LogP) is 2.62. The molecule has 7 nitrogen and oxygen atoms in total. The van der Waals surface area contributed by atoms with Gasteiger partial charge < -0.3 is 14.5 Å². The van der Waals surface area contributed by atoms with Crippen LogP contribution in [0, 0.1) is 5.92 Å². The van der Waals surface area contributed by atoms with Gasteiger partial charge in [0.1, 0.15) is 0 Å². The molecule has 33 heavy (non-hydrogen) atoms. The zero-order chi connectivity index (χ0) is 23.2. The molecule has 2 aliphatic heterocycles. The second kappa shape index (κ2) is 11.1. The lowest BCUT2D eigenvalue weighted by Gasteiger charge is -2.43. The summed E-state index contributed by atoms with van der Waals surface area (Å²) in [4.78, 5) is 44.2. The number of ether oxygens (including phenoxy) is 1. The summed E-state index contributed by atoms with van der Waals surface area (Å²) < 4.78 is 4.93. The van der Waals surface area contributed by atoms with Gasteiger partial charge in [-0.2, -0.15) is 0 Å². The molecule has 1 atom stereocenters. The molecular formula is C26H37N3O4. The Labute approximate surface area is 197 Å². The Morgan fingerprint density at radius 2 is 1.64 bits per heavy atom. The molecule has 1 saturated carbocycles. The van der Waals surface area contributed by atoms with Gasteiger partial charge in [-0.1, -0.05) is 37.1 Å². The van der Waals surface area contributed by atoms with E-state index in [0.29, 0.717) is 45.2 Å². The summed E-state index contributed by atoms with van der Waals surface area (Å²) >= 11 is 0. The van der Waals surface area contributed by atoms with Gasteiger partial charge in [0.15, 0.2) is 0 Å². The highest BCUT2D eigenvalue weighted by atomic mass is 16.5. The third kappa shape index (κ3) is 5.75. The smallest absolute Gasteiger partial charge is 0.306 e. The van der Waals surface area contributed by atoms with Gasteiger partial charge in [0, 0.05) is 45.7 Å². The average molecular weight is 456 g/mol. The van der Waals surface area contributed by atoms with E-state index in [-0.39, 0.29) is 36.7 Å². The normalized spacial score (nSPS) is 20.4. The lowest BCUT2D eigenvalue weighted by Crippen LogP contribution is -2.58. The molecule has 1 unspecified atom stereocenters. The van der Waals surface area contributed by atoms with Gasteiger partial charge in [0.2, 0.25) is 11.8 Å². The molecule has 1 aliphatic carbocycles. The average Bonchev–Trinajstić information content (AvgIpc) is 3.37. The molecule has 2 amide bonds. The fourth-order valence-corrected chi connectivity index (χ4v) is 5.65. The van der Waals surface area contributed by atoms with Crippen molar-refractivity contribution >= 4 is 17.8 Å². The number of benzene rings is 1. The van der Waals surface area contributed by atoms with Crippen LogP contribution < -0.4 is 0 Å². The standard InChI is InChI=1S/C26H37N3O4/c1-2-33-24(31)12-11-23(30)27-15-17-28(18-16-27)25(21-8-4-5-9-21)26(32)29-14-13-20-7-3-6-10-22(20)19-29/h3,6-7,10,21,25H,2,4-5,8-9,11-19H2,1H3. The molecule has 1 saturated heterocycles. The number of nitrogens with zero attached hydrogens (tertiary/aromatic N) is 3. The topological polar surface area (TPSA) is 70.2 Å². The Bertz CT molecular complexity index is 844. The second-order valence-electron chi connectivity index (χ2n) is 9.49. The molecule has 0 N–H and O–H groups in total. The third-order valence-electron chi connectivity index (χ3n) is 7.45.